The average molecular weight is 260 g/mol. The van der Waals surface area contributed by atoms with E-state index in [9.17, 15) is 9.59 Å². The van der Waals surface area contributed by atoms with Gasteiger partial charge < -0.3 is 4.74 Å². The van der Waals surface area contributed by atoms with Crippen molar-refractivity contribution < 1.29 is 14.3 Å². The van der Waals surface area contributed by atoms with Crippen LogP contribution in [0.1, 0.15) is 40.5 Å². The van der Waals surface area contributed by atoms with E-state index in [1.54, 1.807) is 6.08 Å². The highest BCUT2D eigenvalue weighted by atomic mass is 16.6. The monoisotopic (exact) mass is 260 g/mol. The van der Waals surface area contributed by atoms with Crippen LogP contribution in [0.15, 0.2) is 22.8 Å². The first-order valence-electron chi connectivity index (χ1n) is 6.99. The number of carbonyl (C=O) groups excluding carboxylic acids is 2. The van der Waals surface area contributed by atoms with Gasteiger partial charge in [0.15, 0.2) is 5.78 Å². The molecular formula is C16H20O3. The lowest BCUT2D eigenvalue weighted by Crippen LogP contribution is -2.37. The van der Waals surface area contributed by atoms with Gasteiger partial charge in [-0.2, -0.15) is 0 Å². The Kier molecular flexibility index (Phi) is 2.54. The molecule has 0 radical (unpaired) electrons. The van der Waals surface area contributed by atoms with Gasteiger partial charge in [0.05, 0.1) is 5.92 Å². The van der Waals surface area contributed by atoms with Gasteiger partial charge in [0, 0.05) is 16.9 Å². The van der Waals surface area contributed by atoms with Gasteiger partial charge >= 0.3 is 5.97 Å². The van der Waals surface area contributed by atoms with Gasteiger partial charge in [0.1, 0.15) is 6.10 Å². The molecule has 0 aromatic carbocycles. The quantitative estimate of drug-likeness (QED) is 0.629. The minimum atomic E-state index is -0.176. The van der Waals surface area contributed by atoms with Crippen LogP contribution in [-0.2, 0) is 14.3 Å². The maximum atomic E-state index is 12.2. The van der Waals surface area contributed by atoms with E-state index >= 15 is 0 Å². The van der Waals surface area contributed by atoms with Gasteiger partial charge in [0.2, 0.25) is 0 Å². The predicted molar refractivity (Wildman–Crippen MR) is 71.3 cm³/mol. The molecule has 3 rings (SSSR count). The summed E-state index contributed by atoms with van der Waals surface area (Å²) in [5.74, 6) is -0.111. The number of hydrogen-bond donors (Lipinski definition) is 0. The van der Waals surface area contributed by atoms with Crippen LogP contribution >= 0.6 is 0 Å². The highest BCUT2D eigenvalue weighted by Gasteiger charge is 2.57. The highest BCUT2D eigenvalue weighted by Crippen LogP contribution is 2.54. The van der Waals surface area contributed by atoms with Crippen molar-refractivity contribution in [3.63, 3.8) is 0 Å². The van der Waals surface area contributed by atoms with Gasteiger partial charge in [-0.05, 0) is 32.8 Å². The number of fused-ring (bicyclic) bond motifs is 3. The predicted octanol–water partition coefficient (Wildman–Crippen LogP) is 2.81. The van der Waals surface area contributed by atoms with Crippen molar-refractivity contribution in [3.8, 4) is 0 Å². The van der Waals surface area contributed by atoms with Crippen molar-refractivity contribution in [2.75, 3.05) is 0 Å². The molecule has 0 aromatic rings. The van der Waals surface area contributed by atoms with E-state index < -0.39 is 0 Å². The number of rotatable bonds is 0. The summed E-state index contributed by atoms with van der Waals surface area (Å²) in [6.45, 7) is 8.12. The zero-order valence-electron chi connectivity index (χ0n) is 11.9. The molecule has 0 bridgehead atoms. The van der Waals surface area contributed by atoms with Crippen molar-refractivity contribution in [1.29, 1.82) is 0 Å². The Morgan fingerprint density at radius 3 is 2.68 bits per heavy atom. The number of ether oxygens (including phenoxy) is 1. The molecule has 3 heteroatoms. The lowest BCUT2D eigenvalue weighted by Gasteiger charge is -2.33. The lowest BCUT2D eigenvalue weighted by atomic mass is 9.69. The molecule has 3 aliphatic rings. The average Bonchev–Trinajstić information content (AvgIpc) is 2.71. The Morgan fingerprint density at radius 2 is 2.00 bits per heavy atom. The van der Waals surface area contributed by atoms with E-state index in [4.69, 9.17) is 4.74 Å². The molecule has 1 heterocycles. The Morgan fingerprint density at radius 1 is 1.32 bits per heavy atom. The number of carbonyl (C=O) groups is 2. The molecule has 3 nitrogen and oxygen atoms in total. The summed E-state index contributed by atoms with van der Waals surface area (Å²) in [5, 5.41) is 0. The number of ketones is 1. The second kappa shape index (κ2) is 3.81. The summed E-state index contributed by atoms with van der Waals surface area (Å²) >= 11 is 0. The van der Waals surface area contributed by atoms with Crippen LogP contribution in [0.25, 0.3) is 0 Å². The standard InChI is InChI=1S/C16H20O3/c1-8-5-6-16(4)10(3)15(18)19-14(16)13-9(2)7-11(17)12(8)13/h7,10,13-14H,5-6H2,1-4H3/t10-,13+,14-,16+/m1/s1. The third-order valence-electron chi connectivity index (χ3n) is 5.46. The fraction of sp³-hybridized carbons (Fsp3) is 0.625. The topological polar surface area (TPSA) is 43.4 Å². The molecule has 0 N–H and O–H groups in total. The van der Waals surface area contributed by atoms with Crippen LogP contribution < -0.4 is 0 Å². The van der Waals surface area contributed by atoms with Crippen molar-refractivity contribution in [3.05, 3.63) is 22.8 Å². The second-order valence-corrected chi connectivity index (χ2v) is 6.51. The Labute approximate surface area is 113 Å². The molecule has 1 fully saturated rings. The van der Waals surface area contributed by atoms with Gasteiger partial charge in [-0.3, -0.25) is 9.59 Å². The highest BCUT2D eigenvalue weighted by molar-refractivity contribution is 6.09. The first-order valence-corrected chi connectivity index (χ1v) is 6.99. The molecule has 4 atom stereocenters. The summed E-state index contributed by atoms with van der Waals surface area (Å²) in [7, 11) is 0. The van der Waals surface area contributed by atoms with Gasteiger partial charge in [-0.25, -0.2) is 0 Å². The minimum Gasteiger partial charge on any atom is -0.461 e. The zero-order chi connectivity index (χ0) is 13.9. The molecule has 0 spiro atoms. The molecule has 0 amide bonds. The minimum absolute atomic E-state index is 0.0195. The normalized spacial score (nSPS) is 41.7. The molecular weight excluding hydrogens is 240 g/mol. The maximum absolute atomic E-state index is 12.2. The summed E-state index contributed by atoms with van der Waals surface area (Å²) < 4.78 is 5.68. The zero-order valence-corrected chi connectivity index (χ0v) is 11.9. The van der Waals surface area contributed by atoms with Crippen molar-refractivity contribution in [1.82, 2.24) is 0 Å². The largest absolute Gasteiger partial charge is 0.461 e. The third-order valence-corrected chi connectivity index (χ3v) is 5.46. The van der Waals surface area contributed by atoms with Crippen LogP contribution in [0, 0.1) is 17.3 Å². The van der Waals surface area contributed by atoms with E-state index in [1.165, 1.54) is 5.57 Å². The molecule has 0 aromatic heterocycles. The summed E-state index contributed by atoms with van der Waals surface area (Å²) in [5.41, 5.74) is 2.93. The maximum Gasteiger partial charge on any atom is 0.309 e. The molecule has 0 unspecified atom stereocenters. The summed E-state index contributed by atoms with van der Waals surface area (Å²) in [4.78, 5) is 24.1. The van der Waals surface area contributed by atoms with Crippen LogP contribution in [0.2, 0.25) is 0 Å². The van der Waals surface area contributed by atoms with E-state index in [0.717, 1.165) is 24.0 Å². The fourth-order valence-electron chi connectivity index (χ4n) is 3.90. The van der Waals surface area contributed by atoms with Crippen molar-refractivity contribution in [2.45, 2.75) is 46.6 Å². The van der Waals surface area contributed by atoms with E-state index in [1.807, 2.05) is 20.8 Å². The van der Waals surface area contributed by atoms with Crippen molar-refractivity contribution >= 4 is 11.8 Å². The van der Waals surface area contributed by atoms with Gasteiger partial charge in [-0.1, -0.05) is 25.0 Å². The number of allylic oxidation sites excluding steroid dienone is 2. The summed E-state index contributed by atoms with van der Waals surface area (Å²) in [6, 6.07) is 0. The molecule has 102 valence electrons. The first kappa shape index (κ1) is 12.6. The fourth-order valence-corrected chi connectivity index (χ4v) is 3.90. The van der Waals surface area contributed by atoms with Crippen LogP contribution in [0.4, 0.5) is 0 Å². The molecule has 19 heavy (non-hydrogen) atoms. The van der Waals surface area contributed by atoms with Gasteiger partial charge in [0.25, 0.3) is 0 Å². The summed E-state index contributed by atoms with van der Waals surface area (Å²) in [6.07, 6.45) is 3.33. The van der Waals surface area contributed by atoms with Crippen LogP contribution in [0.3, 0.4) is 0 Å². The van der Waals surface area contributed by atoms with Crippen molar-refractivity contribution in [2.24, 2.45) is 17.3 Å². The molecule has 1 aliphatic heterocycles. The second-order valence-electron chi connectivity index (χ2n) is 6.51. The molecule has 2 aliphatic carbocycles. The van der Waals surface area contributed by atoms with E-state index in [-0.39, 0.29) is 35.1 Å². The van der Waals surface area contributed by atoms with Gasteiger partial charge in [-0.15, -0.1) is 0 Å². The molecule has 1 saturated heterocycles. The Bertz CT molecular complexity index is 540. The third kappa shape index (κ3) is 1.50. The first-order chi connectivity index (χ1) is 8.86. The Hall–Kier alpha value is -1.38. The molecule has 0 saturated carbocycles. The smallest absolute Gasteiger partial charge is 0.309 e. The van der Waals surface area contributed by atoms with E-state index in [0.29, 0.717) is 0 Å². The SMILES string of the molecule is CC1=CC(=O)C2=C(C)CC[C@@]3(C)[C@H](C)C(=O)O[C@@H]3[C@@H]12. The Balaban J connectivity index is 2.14. The number of esters is 1. The van der Waals surface area contributed by atoms with E-state index in [2.05, 4.69) is 6.92 Å². The van der Waals surface area contributed by atoms with Crippen LogP contribution in [0.5, 0.6) is 0 Å². The lowest BCUT2D eigenvalue weighted by molar-refractivity contribution is -0.145. The number of hydrogen-bond acceptors (Lipinski definition) is 3. The van der Waals surface area contributed by atoms with Crippen LogP contribution in [-0.4, -0.2) is 17.9 Å².